The molecule has 1 amide bonds. The summed E-state index contributed by atoms with van der Waals surface area (Å²) in [5.74, 6) is -0.388. The number of aromatic nitrogens is 2. The SMILES string of the molecule is N#Cc1ccccc1NC(=O)c1cnccn1. The van der Waals surface area contributed by atoms with Crippen LogP contribution in [-0.2, 0) is 0 Å². The molecule has 0 bridgehead atoms. The summed E-state index contributed by atoms with van der Waals surface area (Å²) in [6.07, 6.45) is 4.29. The van der Waals surface area contributed by atoms with Crippen LogP contribution in [-0.4, -0.2) is 15.9 Å². The van der Waals surface area contributed by atoms with E-state index in [0.717, 1.165) is 0 Å². The highest BCUT2D eigenvalue weighted by molar-refractivity contribution is 6.03. The Morgan fingerprint density at radius 2 is 2.12 bits per heavy atom. The molecule has 5 nitrogen and oxygen atoms in total. The van der Waals surface area contributed by atoms with Gasteiger partial charge in [0.1, 0.15) is 11.8 Å². The lowest BCUT2D eigenvalue weighted by molar-refractivity contribution is 0.102. The molecule has 0 spiro atoms. The molecule has 0 aliphatic heterocycles. The molecular weight excluding hydrogens is 216 g/mol. The average molecular weight is 224 g/mol. The van der Waals surface area contributed by atoms with Crippen molar-refractivity contribution in [3.63, 3.8) is 0 Å². The molecule has 17 heavy (non-hydrogen) atoms. The molecular formula is C12H8N4O. The third-order valence-corrected chi connectivity index (χ3v) is 2.09. The highest BCUT2D eigenvalue weighted by Crippen LogP contribution is 2.14. The van der Waals surface area contributed by atoms with Crippen molar-refractivity contribution in [2.24, 2.45) is 0 Å². The maximum atomic E-state index is 11.8. The minimum atomic E-state index is -0.388. The van der Waals surface area contributed by atoms with Gasteiger partial charge in [0.05, 0.1) is 17.4 Å². The molecule has 2 aromatic rings. The molecule has 5 heteroatoms. The van der Waals surface area contributed by atoms with Crippen molar-refractivity contribution in [1.29, 1.82) is 5.26 Å². The largest absolute Gasteiger partial charge is 0.319 e. The topological polar surface area (TPSA) is 78.7 Å². The fraction of sp³-hybridized carbons (Fsp3) is 0. The van der Waals surface area contributed by atoms with E-state index in [1.54, 1.807) is 24.3 Å². The van der Waals surface area contributed by atoms with E-state index >= 15 is 0 Å². The van der Waals surface area contributed by atoms with E-state index in [1.807, 2.05) is 6.07 Å². The number of para-hydroxylation sites is 1. The van der Waals surface area contributed by atoms with Gasteiger partial charge in [0, 0.05) is 12.4 Å². The van der Waals surface area contributed by atoms with Crippen LogP contribution in [0.3, 0.4) is 0 Å². The zero-order chi connectivity index (χ0) is 12.1. The monoisotopic (exact) mass is 224 g/mol. The van der Waals surface area contributed by atoms with Crippen molar-refractivity contribution in [1.82, 2.24) is 9.97 Å². The van der Waals surface area contributed by atoms with Gasteiger partial charge in [0.25, 0.3) is 5.91 Å². The second-order valence-corrected chi connectivity index (χ2v) is 3.20. The summed E-state index contributed by atoms with van der Waals surface area (Å²) in [4.78, 5) is 19.4. The van der Waals surface area contributed by atoms with Crippen LogP contribution in [0, 0.1) is 11.3 Å². The first-order chi connectivity index (χ1) is 8.31. The van der Waals surface area contributed by atoms with Crippen molar-refractivity contribution >= 4 is 11.6 Å². The molecule has 82 valence electrons. The molecule has 0 aliphatic rings. The first-order valence-electron chi connectivity index (χ1n) is 4.88. The number of amides is 1. The van der Waals surface area contributed by atoms with Crippen LogP contribution in [0.5, 0.6) is 0 Å². The van der Waals surface area contributed by atoms with Crippen molar-refractivity contribution in [3.05, 3.63) is 54.1 Å². The molecule has 0 aliphatic carbocycles. The summed E-state index contributed by atoms with van der Waals surface area (Å²) in [7, 11) is 0. The number of carbonyl (C=O) groups is 1. The van der Waals surface area contributed by atoms with Crippen molar-refractivity contribution < 1.29 is 4.79 Å². The molecule has 1 N–H and O–H groups in total. The number of rotatable bonds is 2. The summed E-state index contributed by atoms with van der Waals surface area (Å²) in [6, 6.07) is 8.77. The number of nitrogens with zero attached hydrogens (tertiary/aromatic N) is 3. The first-order valence-corrected chi connectivity index (χ1v) is 4.88. The molecule has 0 fully saturated rings. The summed E-state index contributed by atoms with van der Waals surface area (Å²) < 4.78 is 0. The summed E-state index contributed by atoms with van der Waals surface area (Å²) >= 11 is 0. The van der Waals surface area contributed by atoms with Crippen molar-refractivity contribution in [2.45, 2.75) is 0 Å². The van der Waals surface area contributed by atoms with Gasteiger partial charge in [-0.1, -0.05) is 12.1 Å². The maximum Gasteiger partial charge on any atom is 0.275 e. The van der Waals surface area contributed by atoms with Gasteiger partial charge in [-0.15, -0.1) is 0 Å². The smallest absolute Gasteiger partial charge is 0.275 e. The summed E-state index contributed by atoms with van der Waals surface area (Å²) in [5.41, 5.74) is 1.08. The van der Waals surface area contributed by atoms with Gasteiger partial charge in [0.15, 0.2) is 0 Å². The standard InChI is InChI=1S/C12H8N4O/c13-7-9-3-1-2-4-10(9)16-12(17)11-8-14-5-6-15-11/h1-6,8H,(H,16,17). The lowest BCUT2D eigenvalue weighted by Crippen LogP contribution is -2.14. The molecule has 0 saturated carbocycles. The van der Waals surface area contributed by atoms with Gasteiger partial charge in [-0.25, -0.2) is 4.98 Å². The maximum absolute atomic E-state index is 11.8. The highest BCUT2D eigenvalue weighted by atomic mass is 16.1. The lowest BCUT2D eigenvalue weighted by Gasteiger charge is -2.05. The Bertz CT molecular complexity index is 575. The Morgan fingerprint density at radius 3 is 2.82 bits per heavy atom. The highest BCUT2D eigenvalue weighted by Gasteiger charge is 2.09. The van der Waals surface area contributed by atoms with Gasteiger partial charge in [-0.3, -0.25) is 9.78 Å². The molecule has 0 radical (unpaired) electrons. The zero-order valence-electron chi connectivity index (χ0n) is 8.79. The third kappa shape index (κ3) is 2.44. The van der Waals surface area contributed by atoms with Crippen LogP contribution in [0.25, 0.3) is 0 Å². The normalized spacial score (nSPS) is 9.35. The van der Waals surface area contributed by atoms with E-state index in [1.165, 1.54) is 18.6 Å². The Morgan fingerprint density at radius 1 is 1.29 bits per heavy atom. The van der Waals surface area contributed by atoms with E-state index in [4.69, 9.17) is 5.26 Å². The van der Waals surface area contributed by atoms with Crippen LogP contribution in [0.4, 0.5) is 5.69 Å². The fourth-order valence-electron chi connectivity index (χ4n) is 1.29. The van der Waals surface area contributed by atoms with Crippen molar-refractivity contribution in [2.75, 3.05) is 5.32 Å². The third-order valence-electron chi connectivity index (χ3n) is 2.09. The predicted molar refractivity (Wildman–Crippen MR) is 61.1 cm³/mol. The fourth-order valence-corrected chi connectivity index (χ4v) is 1.29. The van der Waals surface area contributed by atoms with Gasteiger partial charge in [-0.05, 0) is 12.1 Å². The number of benzene rings is 1. The van der Waals surface area contributed by atoms with Crippen LogP contribution in [0.2, 0.25) is 0 Å². The van der Waals surface area contributed by atoms with Gasteiger partial charge >= 0.3 is 0 Å². The van der Waals surface area contributed by atoms with E-state index in [0.29, 0.717) is 11.3 Å². The Balaban J connectivity index is 2.23. The number of anilines is 1. The quantitative estimate of drug-likeness (QED) is 0.840. The lowest BCUT2D eigenvalue weighted by atomic mass is 10.2. The van der Waals surface area contributed by atoms with Gasteiger partial charge in [-0.2, -0.15) is 5.26 Å². The van der Waals surface area contributed by atoms with Crippen LogP contribution >= 0.6 is 0 Å². The van der Waals surface area contributed by atoms with E-state index < -0.39 is 0 Å². The van der Waals surface area contributed by atoms with Gasteiger partial charge in [0.2, 0.25) is 0 Å². The number of hydrogen-bond acceptors (Lipinski definition) is 4. The second kappa shape index (κ2) is 4.86. The van der Waals surface area contributed by atoms with Gasteiger partial charge < -0.3 is 5.32 Å². The van der Waals surface area contributed by atoms with Crippen molar-refractivity contribution in [3.8, 4) is 6.07 Å². The minimum Gasteiger partial charge on any atom is -0.319 e. The molecule has 1 aromatic carbocycles. The predicted octanol–water partition coefficient (Wildman–Crippen LogP) is 1.60. The minimum absolute atomic E-state index is 0.209. The molecule has 0 atom stereocenters. The Kier molecular flexibility index (Phi) is 3.08. The Hall–Kier alpha value is -2.74. The molecule has 2 rings (SSSR count). The molecule has 1 aromatic heterocycles. The average Bonchev–Trinajstić information content (AvgIpc) is 2.40. The summed E-state index contributed by atoms with van der Waals surface area (Å²) in [6.45, 7) is 0. The van der Waals surface area contributed by atoms with Crippen LogP contribution in [0.15, 0.2) is 42.9 Å². The van der Waals surface area contributed by atoms with Crippen LogP contribution < -0.4 is 5.32 Å². The number of nitriles is 1. The van der Waals surface area contributed by atoms with E-state index in [9.17, 15) is 4.79 Å². The Labute approximate surface area is 97.8 Å². The summed E-state index contributed by atoms with van der Waals surface area (Å²) in [5, 5.41) is 11.5. The van der Waals surface area contributed by atoms with E-state index in [2.05, 4.69) is 15.3 Å². The zero-order valence-corrected chi connectivity index (χ0v) is 8.79. The first kappa shape index (κ1) is 10.8. The molecule has 0 saturated heterocycles. The number of nitrogens with one attached hydrogen (secondary N) is 1. The molecule has 1 heterocycles. The second-order valence-electron chi connectivity index (χ2n) is 3.20. The number of carbonyl (C=O) groups excluding carboxylic acids is 1. The van der Waals surface area contributed by atoms with E-state index in [-0.39, 0.29) is 11.6 Å². The number of hydrogen-bond donors (Lipinski definition) is 1. The van der Waals surface area contributed by atoms with Crippen LogP contribution in [0.1, 0.15) is 16.1 Å². The molecule has 0 unspecified atom stereocenters.